The highest BCUT2D eigenvalue weighted by Crippen LogP contribution is 2.40. The number of rotatable bonds is 5. The van der Waals surface area contributed by atoms with E-state index in [4.69, 9.17) is 5.73 Å². The lowest BCUT2D eigenvalue weighted by atomic mass is 9.94. The Balaban J connectivity index is 2.38. The van der Waals surface area contributed by atoms with Crippen LogP contribution in [0.15, 0.2) is 24.3 Å². The molecule has 21 heavy (non-hydrogen) atoms. The second-order valence-corrected chi connectivity index (χ2v) is 8.33. The lowest BCUT2D eigenvalue weighted by Crippen LogP contribution is -2.59. The Labute approximate surface area is 128 Å². The second-order valence-electron chi connectivity index (χ2n) is 6.10. The van der Waals surface area contributed by atoms with Gasteiger partial charge in [0.05, 0.1) is 10.8 Å². The number of benzene rings is 1. The van der Waals surface area contributed by atoms with E-state index < -0.39 is 15.4 Å². The minimum atomic E-state index is -3.11. The zero-order valence-electron chi connectivity index (χ0n) is 13.2. The van der Waals surface area contributed by atoms with Crippen LogP contribution in [0.5, 0.6) is 0 Å². The molecule has 0 aliphatic heterocycles. The monoisotopic (exact) mass is 310 g/mol. The minimum Gasteiger partial charge on any atom is -0.366 e. The van der Waals surface area contributed by atoms with Crippen LogP contribution >= 0.6 is 0 Å². The van der Waals surface area contributed by atoms with Crippen molar-refractivity contribution in [3.63, 3.8) is 0 Å². The van der Waals surface area contributed by atoms with E-state index in [9.17, 15) is 8.42 Å². The predicted octanol–water partition coefficient (Wildman–Crippen LogP) is 1.98. The summed E-state index contributed by atoms with van der Waals surface area (Å²) in [6, 6.07) is 8.32. The van der Waals surface area contributed by atoms with Crippen molar-refractivity contribution < 1.29 is 8.42 Å². The predicted molar refractivity (Wildman–Crippen MR) is 88.5 cm³/mol. The van der Waals surface area contributed by atoms with Gasteiger partial charge < -0.3 is 10.6 Å². The highest BCUT2D eigenvalue weighted by Gasteiger charge is 2.50. The van der Waals surface area contributed by atoms with Crippen molar-refractivity contribution in [1.29, 1.82) is 0 Å². The summed E-state index contributed by atoms with van der Waals surface area (Å²) in [6.45, 7) is 2.48. The van der Waals surface area contributed by atoms with Gasteiger partial charge in [0, 0.05) is 25.5 Å². The molecule has 2 N–H and O–H groups in total. The first kappa shape index (κ1) is 16.3. The van der Waals surface area contributed by atoms with E-state index in [1.165, 1.54) is 11.8 Å². The molecule has 0 saturated heterocycles. The van der Waals surface area contributed by atoms with Gasteiger partial charge in [0.25, 0.3) is 0 Å². The fraction of sp³-hybridized carbons (Fsp3) is 0.625. The number of anilines is 1. The van der Waals surface area contributed by atoms with Crippen LogP contribution in [0.4, 0.5) is 5.69 Å². The van der Waals surface area contributed by atoms with Crippen molar-refractivity contribution in [3.8, 4) is 0 Å². The Bertz CT molecular complexity index is 583. The standard InChI is InChI=1S/C16H26N2O2S/c1-4-13-7-9-14(10-8-13)18(2)16(12-17)11-5-6-15(16)21(3,19)20/h7-10,15H,4-6,11-12,17H2,1-3H3. The van der Waals surface area contributed by atoms with Gasteiger partial charge in [0.15, 0.2) is 9.84 Å². The van der Waals surface area contributed by atoms with E-state index in [1.54, 1.807) is 0 Å². The van der Waals surface area contributed by atoms with Crippen molar-refractivity contribution in [3.05, 3.63) is 29.8 Å². The zero-order chi connectivity index (χ0) is 15.7. The summed E-state index contributed by atoms with van der Waals surface area (Å²) >= 11 is 0. The smallest absolute Gasteiger partial charge is 0.152 e. The highest BCUT2D eigenvalue weighted by atomic mass is 32.2. The molecule has 1 aromatic carbocycles. The van der Waals surface area contributed by atoms with Crippen molar-refractivity contribution >= 4 is 15.5 Å². The van der Waals surface area contributed by atoms with Crippen LogP contribution in [-0.2, 0) is 16.3 Å². The molecule has 1 saturated carbocycles. The van der Waals surface area contributed by atoms with Crippen molar-refractivity contribution in [2.45, 2.75) is 43.4 Å². The first-order chi connectivity index (χ1) is 9.85. The van der Waals surface area contributed by atoms with Crippen molar-refractivity contribution in [2.75, 3.05) is 24.7 Å². The molecule has 0 amide bonds. The summed E-state index contributed by atoms with van der Waals surface area (Å²) < 4.78 is 24.3. The number of hydrogen-bond acceptors (Lipinski definition) is 4. The van der Waals surface area contributed by atoms with Gasteiger partial charge in [0.2, 0.25) is 0 Å². The van der Waals surface area contributed by atoms with E-state index >= 15 is 0 Å². The van der Waals surface area contributed by atoms with Crippen molar-refractivity contribution in [1.82, 2.24) is 0 Å². The Hall–Kier alpha value is -1.07. The summed E-state index contributed by atoms with van der Waals surface area (Å²) in [7, 11) is -1.14. The summed E-state index contributed by atoms with van der Waals surface area (Å²) in [5.41, 5.74) is 7.87. The highest BCUT2D eigenvalue weighted by molar-refractivity contribution is 7.91. The first-order valence-corrected chi connectivity index (χ1v) is 9.52. The molecule has 5 heteroatoms. The van der Waals surface area contributed by atoms with E-state index in [2.05, 4.69) is 36.1 Å². The van der Waals surface area contributed by atoms with Crippen LogP contribution in [0.25, 0.3) is 0 Å². The molecule has 4 nitrogen and oxygen atoms in total. The van der Waals surface area contributed by atoms with Gasteiger partial charge in [-0.1, -0.05) is 19.1 Å². The van der Waals surface area contributed by atoms with E-state index in [1.807, 2.05) is 7.05 Å². The number of hydrogen-bond donors (Lipinski definition) is 1. The molecular weight excluding hydrogens is 284 g/mol. The first-order valence-electron chi connectivity index (χ1n) is 7.57. The van der Waals surface area contributed by atoms with Gasteiger partial charge in [0.1, 0.15) is 0 Å². The summed E-state index contributed by atoms with van der Waals surface area (Å²) in [4.78, 5) is 2.09. The van der Waals surface area contributed by atoms with Gasteiger partial charge >= 0.3 is 0 Å². The zero-order valence-corrected chi connectivity index (χ0v) is 14.0. The Morgan fingerprint density at radius 1 is 1.33 bits per heavy atom. The molecule has 2 atom stereocenters. The van der Waals surface area contributed by atoms with Crippen LogP contribution in [0.2, 0.25) is 0 Å². The van der Waals surface area contributed by atoms with Crippen molar-refractivity contribution in [2.24, 2.45) is 5.73 Å². The number of nitrogens with two attached hydrogens (primary N) is 1. The number of aryl methyl sites for hydroxylation is 1. The third-order valence-electron chi connectivity index (χ3n) is 4.95. The molecule has 0 aromatic heterocycles. The normalized spacial score (nSPS) is 26.0. The lowest BCUT2D eigenvalue weighted by Gasteiger charge is -2.43. The second kappa shape index (κ2) is 5.97. The molecule has 0 spiro atoms. The number of sulfone groups is 1. The van der Waals surface area contributed by atoms with Gasteiger partial charge in [-0.3, -0.25) is 0 Å². The maximum Gasteiger partial charge on any atom is 0.152 e. The molecule has 0 radical (unpaired) electrons. The Morgan fingerprint density at radius 2 is 1.95 bits per heavy atom. The summed E-state index contributed by atoms with van der Waals surface area (Å²) in [6.07, 6.45) is 4.77. The van der Waals surface area contributed by atoms with Gasteiger partial charge in [-0.05, 0) is 43.4 Å². The molecule has 1 aliphatic rings. The molecule has 0 bridgehead atoms. The maximum absolute atomic E-state index is 12.2. The minimum absolute atomic E-state index is 0.358. The summed E-state index contributed by atoms with van der Waals surface area (Å²) in [5.74, 6) is 0. The van der Waals surface area contributed by atoms with E-state index in [0.717, 1.165) is 24.9 Å². The fourth-order valence-electron chi connectivity index (χ4n) is 3.60. The quantitative estimate of drug-likeness (QED) is 0.903. The van der Waals surface area contributed by atoms with Gasteiger partial charge in [-0.2, -0.15) is 0 Å². The maximum atomic E-state index is 12.2. The van der Waals surface area contributed by atoms with E-state index in [0.29, 0.717) is 13.0 Å². The van der Waals surface area contributed by atoms with Crippen LogP contribution < -0.4 is 10.6 Å². The molecule has 1 aromatic rings. The van der Waals surface area contributed by atoms with Gasteiger partial charge in [-0.15, -0.1) is 0 Å². The topological polar surface area (TPSA) is 63.4 Å². The SMILES string of the molecule is CCc1ccc(N(C)C2(CN)CCCC2S(C)(=O)=O)cc1. The van der Waals surface area contributed by atoms with Gasteiger partial charge in [-0.25, -0.2) is 8.42 Å². The van der Waals surface area contributed by atoms with E-state index in [-0.39, 0.29) is 5.25 Å². The third kappa shape index (κ3) is 2.94. The fourth-order valence-corrected chi connectivity index (χ4v) is 5.37. The molecule has 1 aliphatic carbocycles. The average Bonchev–Trinajstić information content (AvgIpc) is 2.92. The Kier molecular flexibility index (Phi) is 4.63. The van der Waals surface area contributed by atoms with Crippen LogP contribution in [-0.4, -0.2) is 39.1 Å². The number of likely N-dealkylation sites (N-methyl/N-ethyl adjacent to an activating group) is 1. The number of nitrogens with zero attached hydrogens (tertiary/aromatic N) is 1. The molecular formula is C16H26N2O2S. The average molecular weight is 310 g/mol. The molecule has 0 heterocycles. The summed E-state index contributed by atoms with van der Waals surface area (Å²) in [5, 5.41) is -0.383. The largest absolute Gasteiger partial charge is 0.366 e. The third-order valence-corrected chi connectivity index (χ3v) is 6.65. The molecule has 2 unspecified atom stereocenters. The molecule has 118 valence electrons. The molecule has 1 fully saturated rings. The molecule has 2 rings (SSSR count). The lowest BCUT2D eigenvalue weighted by molar-refractivity contribution is 0.420. The van der Waals surface area contributed by atoms with Crippen LogP contribution in [0.3, 0.4) is 0 Å². The Morgan fingerprint density at radius 3 is 2.43 bits per heavy atom. The van der Waals surface area contributed by atoms with Crippen LogP contribution in [0.1, 0.15) is 31.7 Å². The van der Waals surface area contributed by atoms with Crippen LogP contribution in [0, 0.1) is 0 Å².